The van der Waals surface area contributed by atoms with Gasteiger partial charge in [-0.1, -0.05) is 6.92 Å². The molecule has 0 aromatic heterocycles. The second-order valence-electron chi connectivity index (χ2n) is 7.94. The van der Waals surface area contributed by atoms with E-state index in [1.165, 1.54) is 18.4 Å². The van der Waals surface area contributed by atoms with Crippen molar-refractivity contribution in [2.24, 2.45) is 4.99 Å². The van der Waals surface area contributed by atoms with Crippen molar-refractivity contribution in [3.05, 3.63) is 23.8 Å². The summed E-state index contributed by atoms with van der Waals surface area (Å²) in [7, 11) is 5.23. The third kappa shape index (κ3) is 6.51. The van der Waals surface area contributed by atoms with E-state index < -0.39 is 0 Å². The standard InChI is InChI=1S/C22H37N5O2/c1-5-27(19-6-7-19)11-9-24-22(23-2)25-18-8-10-26(16-18)15-17-12-20(28-3)14-21(13-17)29-4/h12-14,18-19H,5-11,15-16H2,1-4H3,(H2,23,24,25). The molecular weight excluding hydrogens is 366 g/mol. The van der Waals surface area contributed by atoms with E-state index >= 15 is 0 Å². The molecule has 1 saturated heterocycles. The first-order valence-corrected chi connectivity index (χ1v) is 10.8. The highest BCUT2D eigenvalue weighted by atomic mass is 16.5. The smallest absolute Gasteiger partial charge is 0.191 e. The molecule has 3 rings (SSSR count). The van der Waals surface area contributed by atoms with E-state index in [1.807, 2.05) is 13.1 Å². The molecule has 7 nitrogen and oxygen atoms in total. The van der Waals surface area contributed by atoms with Crippen LogP contribution < -0.4 is 20.1 Å². The first-order chi connectivity index (χ1) is 14.1. The lowest BCUT2D eigenvalue weighted by Crippen LogP contribution is -2.46. The summed E-state index contributed by atoms with van der Waals surface area (Å²) in [5, 5.41) is 7.08. The van der Waals surface area contributed by atoms with Crippen LogP contribution in [-0.4, -0.2) is 81.8 Å². The topological polar surface area (TPSA) is 61.4 Å². The lowest BCUT2D eigenvalue weighted by Gasteiger charge is -2.22. The molecule has 2 fully saturated rings. The van der Waals surface area contributed by atoms with Crippen molar-refractivity contribution in [3.63, 3.8) is 0 Å². The van der Waals surface area contributed by atoms with Gasteiger partial charge in [0.25, 0.3) is 0 Å². The summed E-state index contributed by atoms with van der Waals surface area (Å²) in [6.45, 7) is 8.36. The van der Waals surface area contributed by atoms with Gasteiger partial charge in [-0.3, -0.25) is 14.8 Å². The maximum absolute atomic E-state index is 5.39. The van der Waals surface area contributed by atoms with Crippen molar-refractivity contribution in [2.45, 2.75) is 44.8 Å². The Balaban J connectivity index is 1.43. The lowest BCUT2D eigenvalue weighted by atomic mass is 10.2. The Bertz CT molecular complexity index is 655. The predicted octanol–water partition coefficient (Wildman–Crippen LogP) is 1.93. The summed E-state index contributed by atoms with van der Waals surface area (Å²) in [6, 6.07) is 7.32. The zero-order chi connectivity index (χ0) is 20.6. The molecule has 1 saturated carbocycles. The number of ether oxygens (including phenoxy) is 2. The molecule has 1 aromatic rings. The van der Waals surface area contributed by atoms with Gasteiger partial charge >= 0.3 is 0 Å². The van der Waals surface area contributed by atoms with E-state index in [4.69, 9.17) is 9.47 Å². The van der Waals surface area contributed by atoms with Crippen LogP contribution >= 0.6 is 0 Å². The second-order valence-corrected chi connectivity index (χ2v) is 7.94. The van der Waals surface area contributed by atoms with Gasteiger partial charge < -0.3 is 20.1 Å². The fraction of sp³-hybridized carbons (Fsp3) is 0.682. The van der Waals surface area contributed by atoms with Crippen molar-refractivity contribution in [1.29, 1.82) is 0 Å². The summed E-state index contributed by atoms with van der Waals surface area (Å²) in [5.74, 6) is 2.59. The number of hydrogen-bond acceptors (Lipinski definition) is 5. The molecule has 0 amide bonds. The molecule has 0 bridgehead atoms. The molecule has 1 atom stereocenters. The monoisotopic (exact) mass is 403 g/mol. The fourth-order valence-electron chi connectivity index (χ4n) is 4.05. The summed E-state index contributed by atoms with van der Waals surface area (Å²) in [6.07, 6.45) is 3.83. The van der Waals surface area contributed by atoms with E-state index in [0.717, 1.165) is 69.2 Å². The van der Waals surface area contributed by atoms with E-state index in [0.29, 0.717) is 6.04 Å². The number of aliphatic imine (C=N–C) groups is 1. The summed E-state index contributed by atoms with van der Waals surface area (Å²) in [4.78, 5) is 9.43. The third-order valence-electron chi connectivity index (χ3n) is 5.82. The highest BCUT2D eigenvalue weighted by Gasteiger charge is 2.27. The molecular formula is C22H37N5O2. The van der Waals surface area contributed by atoms with Gasteiger partial charge in [-0.05, 0) is 43.5 Å². The summed E-state index contributed by atoms with van der Waals surface area (Å²) < 4.78 is 10.8. The second kappa shape index (κ2) is 10.7. The van der Waals surface area contributed by atoms with Crippen LogP contribution in [0.2, 0.25) is 0 Å². The van der Waals surface area contributed by atoms with Crippen LogP contribution in [-0.2, 0) is 6.54 Å². The van der Waals surface area contributed by atoms with Gasteiger partial charge in [0.05, 0.1) is 14.2 Å². The van der Waals surface area contributed by atoms with Gasteiger partial charge in [-0.2, -0.15) is 0 Å². The molecule has 1 aliphatic heterocycles. The first-order valence-electron chi connectivity index (χ1n) is 10.8. The number of benzene rings is 1. The van der Waals surface area contributed by atoms with Gasteiger partial charge in [0.15, 0.2) is 5.96 Å². The van der Waals surface area contributed by atoms with Gasteiger partial charge in [0.1, 0.15) is 11.5 Å². The number of nitrogens with zero attached hydrogens (tertiary/aromatic N) is 3. The van der Waals surface area contributed by atoms with Crippen molar-refractivity contribution in [2.75, 3.05) is 54.0 Å². The van der Waals surface area contributed by atoms with Gasteiger partial charge in [0.2, 0.25) is 0 Å². The number of rotatable bonds is 10. The zero-order valence-corrected chi connectivity index (χ0v) is 18.4. The zero-order valence-electron chi connectivity index (χ0n) is 18.4. The average molecular weight is 404 g/mol. The molecule has 7 heteroatoms. The normalized spacial score (nSPS) is 20.2. The molecule has 1 aromatic carbocycles. The van der Waals surface area contributed by atoms with Crippen LogP contribution in [0.15, 0.2) is 23.2 Å². The molecule has 0 spiro atoms. The summed E-state index contributed by atoms with van der Waals surface area (Å²) in [5.41, 5.74) is 1.21. The van der Waals surface area contributed by atoms with E-state index in [2.05, 4.69) is 44.5 Å². The Morgan fingerprint density at radius 2 is 1.90 bits per heavy atom. The van der Waals surface area contributed by atoms with Crippen LogP contribution in [0.5, 0.6) is 11.5 Å². The van der Waals surface area contributed by atoms with Gasteiger partial charge in [0, 0.05) is 57.9 Å². The van der Waals surface area contributed by atoms with Crippen molar-refractivity contribution < 1.29 is 9.47 Å². The minimum atomic E-state index is 0.416. The summed E-state index contributed by atoms with van der Waals surface area (Å²) >= 11 is 0. The number of nitrogens with one attached hydrogen (secondary N) is 2. The minimum absolute atomic E-state index is 0.416. The Morgan fingerprint density at radius 3 is 2.48 bits per heavy atom. The average Bonchev–Trinajstić information content (AvgIpc) is 3.50. The molecule has 2 aliphatic rings. The first kappa shape index (κ1) is 21.7. The Morgan fingerprint density at radius 1 is 1.17 bits per heavy atom. The highest BCUT2D eigenvalue weighted by Crippen LogP contribution is 2.26. The van der Waals surface area contributed by atoms with Gasteiger partial charge in [-0.15, -0.1) is 0 Å². The van der Waals surface area contributed by atoms with Crippen molar-refractivity contribution in [1.82, 2.24) is 20.4 Å². The van der Waals surface area contributed by atoms with Crippen LogP contribution in [0.4, 0.5) is 0 Å². The molecule has 1 aliphatic carbocycles. The largest absolute Gasteiger partial charge is 0.497 e. The van der Waals surface area contributed by atoms with Crippen molar-refractivity contribution >= 4 is 5.96 Å². The van der Waals surface area contributed by atoms with E-state index in [1.54, 1.807) is 14.2 Å². The lowest BCUT2D eigenvalue weighted by molar-refractivity contribution is 0.281. The number of guanidine groups is 1. The molecule has 2 N–H and O–H groups in total. The molecule has 162 valence electrons. The molecule has 1 heterocycles. The Hall–Kier alpha value is -1.99. The number of likely N-dealkylation sites (tertiary alicyclic amines) is 1. The maximum atomic E-state index is 5.39. The predicted molar refractivity (Wildman–Crippen MR) is 118 cm³/mol. The highest BCUT2D eigenvalue weighted by molar-refractivity contribution is 5.80. The van der Waals surface area contributed by atoms with E-state index in [-0.39, 0.29) is 0 Å². The SMILES string of the molecule is CCN(CCNC(=NC)NC1CCN(Cc2cc(OC)cc(OC)c2)C1)C1CC1. The number of methoxy groups -OCH3 is 2. The quantitative estimate of drug-likeness (QED) is 0.460. The molecule has 29 heavy (non-hydrogen) atoms. The van der Waals surface area contributed by atoms with Crippen LogP contribution in [0.1, 0.15) is 31.7 Å². The van der Waals surface area contributed by atoms with Crippen molar-refractivity contribution in [3.8, 4) is 11.5 Å². The maximum Gasteiger partial charge on any atom is 0.191 e. The van der Waals surface area contributed by atoms with Crippen LogP contribution in [0, 0.1) is 0 Å². The molecule has 1 unspecified atom stereocenters. The Kier molecular flexibility index (Phi) is 8.00. The number of likely N-dealkylation sites (N-methyl/N-ethyl adjacent to an activating group) is 1. The molecule has 0 radical (unpaired) electrons. The van der Waals surface area contributed by atoms with E-state index in [9.17, 15) is 0 Å². The Labute approximate surface area is 175 Å². The fourth-order valence-corrected chi connectivity index (χ4v) is 4.05. The van der Waals surface area contributed by atoms with Gasteiger partial charge in [-0.25, -0.2) is 0 Å². The van der Waals surface area contributed by atoms with Crippen LogP contribution in [0.3, 0.4) is 0 Å². The minimum Gasteiger partial charge on any atom is -0.497 e. The third-order valence-corrected chi connectivity index (χ3v) is 5.82. The van der Waals surface area contributed by atoms with Crippen LogP contribution in [0.25, 0.3) is 0 Å². The number of hydrogen-bond donors (Lipinski definition) is 2.